The number of amides is 2. The minimum absolute atomic E-state index is 0.0906. The van der Waals surface area contributed by atoms with Gasteiger partial charge in [0.15, 0.2) is 0 Å². The zero-order chi connectivity index (χ0) is 29.5. The molecule has 0 aromatic heterocycles. The van der Waals surface area contributed by atoms with E-state index in [2.05, 4.69) is 22.8 Å². The number of ether oxygens (including phenoxy) is 2. The van der Waals surface area contributed by atoms with E-state index in [0.717, 1.165) is 59.9 Å². The van der Waals surface area contributed by atoms with Crippen molar-refractivity contribution in [3.63, 3.8) is 0 Å². The summed E-state index contributed by atoms with van der Waals surface area (Å²) in [7, 11) is 0. The summed E-state index contributed by atoms with van der Waals surface area (Å²) in [5, 5.41) is 15.3. The van der Waals surface area contributed by atoms with E-state index < -0.39 is 36.2 Å². The monoisotopic (exact) mass is 570 g/mol. The highest BCUT2D eigenvalue weighted by atomic mass is 16.5. The maximum absolute atomic E-state index is 13.6. The Hall–Kier alpha value is -4.17. The number of alkyl carbamates (subject to hydrolysis) is 1. The molecule has 5 rings (SSSR count). The van der Waals surface area contributed by atoms with Gasteiger partial charge in [0.25, 0.3) is 0 Å². The van der Waals surface area contributed by atoms with Crippen LogP contribution in [-0.2, 0) is 25.7 Å². The molecule has 3 atom stereocenters. The summed E-state index contributed by atoms with van der Waals surface area (Å²) in [6.07, 6.45) is 2.88. The molecule has 220 valence electrons. The molecule has 3 aromatic rings. The topological polar surface area (TPSA) is 114 Å². The molecule has 42 heavy (non-hydrogen) atoms. The van der Waals surface area contributed by atoms with Gasteiger partial charge in [0.2, 0.25) is 5.91 Å². The summed E-state index contributed by atoms with van der Waals surface area (Å²) in [5.74, 6) is -1.98. The first-order valence-corrected chi connectivity index (χ1v) is 14.7. The maximum Gasteiger partial charge on any atom is 0.407 e. The fourth-order valence-corrected chi connectivity index (χ4v) is 6.15. The molecule has 0 radical (unpaired) electrons. The van der Waals surface area contributed by atoms with Crippen molar-refractivity contribution in [3.8, 4) is 11.1 Å². The van der Waals surface area contributed by atoms with Gasteiger partial charge in [-0.05, 0) is 53.5 Å². The first-order valence-electron chi connectivity index (χ1n) is 14.7. The van der Waals surface area contributed by atoms with Gasteiger partial charge in [-0.15, -0.1) is 0 Å². The molecule has 0 bridgehead atoms. The predicted molar refractivity (Wildman–Crippen MR) is 159 cm³/mol. The van der Waals surface area contributed by atoms with Crippen molar-refractivity contribution in [3.05, 3.63) is 95.6 Å². The van der Waals surface area contributed by atoms with Crippen LogP contribution in [0.15, 0.2) is 78.9 Å². The Balaban J connectivity index is 1.28. The van der Waals surface area contributed by atoms with Crippen molar-refractivity contribution >= 4 is 18.0 Å². The smallest absolute Gasteiger partial charge is 0.407 e. The second kappa shape index (κ2) is 13.7. The van der Waals surface area contributed by atoms with E-state index in [1.807, 2.05) is 66.7 Å². The average molecular weight is 571 g/mol. The summed E-state index contributed by atoms with van der Waals surface area (Å²) >= 11 is 0. The summed E-state index contributed by atoms with van der Waals surface area (Å²) in [6.45, 7) is 2.00. The van der Waals surface area contributed by atoms with E-state index in [0.29, 0.717) is 0 Å². The Labute approximate surface area is 246 Å². The second-order valence-corrected chi connectivity index (χ2v) is 11.2. The molecule has 0 saturated heterocycles. The molecule has 0 aliphatic heterocycles. The van der Waals surface area contributed by atoms with E-state index in [1.165, 1.54) is 0 Å². The molecule has 1 fully saturated rings. The summed E-state index contributed by atoms with van der Waals surface area (Å²) in [4.78, 5) is 38.9. The fourth-order valence-electron chi connectivity index (χ4n) is 6.15. The molecule has 2 aliphatic carbocycles. The minimum Gasteiger partial charge on any atom is -0.480 e. The highest BCUT2D eigenvalue weighted by molar-refractivity contribution is 5.90. The Morgan fingerprint density at radius 2 is 1.43 bits per heavy atom. The van der Waals surface area contributed by atoms with Gasteiger partial charge in [0.1, 0.15) is 18.7 Å². The van der Waals surface area contributed by atoms with Gasteiger partial charge in [0, 0.05) is 5.92 Å². The molecule has 8 heteroatoms. The number of nitrogens with one attached hydrogen (secondary N) is 2. The van der Waals surface area contributed by atoms with Crippen LogP contribution in [0.3, 0.4) is 0 Å². The number of benzene rings is 3. The number of hydrogen-bond acceptors (Lipinski definition) is 5. The largest absolute Gasteiger partial charge is 0.480 e. The predicted octanol–water partition coefficient (Wildman–Crippen LogP) is 5.65. The Morgan fingerprint density at radius 1 is 0.833 bits per heavy atom. The standard InChI is InChI=1S/C34H38N2O6/c1-22(41-20-23-12-4-2-5-13-23)30(32(37)35-31(33(38)39)24-14-6-3-7-15-24)36-34(40)42-21-29-27-18-10-8-16-25(27)26-17-9-11-19-28(26)29/h2,4-5,8-13,16-19,22,24,29-31H,3,6-7,14-15,20-21H2,1H3,(H,35,37)(H,36,40)(H,38,39)/t22-,30+,31?/m0/s1. The molecular formula is C34H38N2O6. The van der Waals surface area contributed by atoms with E-state index in [-0.39, 0.29) is 25.0 Å². The summed E-state index contributed by atoms with van der Waals surface area (Å²) in [6, 6.07) is 23.4. The molecule has 2 aliphatic rings. The highest BCUT2D eigenvalue weighted by Gasteiger charge is 2.36. The zero-order valence-corrected chi connectivity index (χ0v) is 23.8. The number of fused-ring (bicyclic) bond motifs is 3. The van der Waals surface area contributed by atoms with Crippen molar-refractivity contribution in [2.45, 2.75) is 69.7 Å². The lowest BCUT2D eigenvalue weighted by molar-refractivity contribution is -0.144. The second-order valence-electron chi connectivity index (χ2n) is 11.2. The Kier molecular flexibility index (Phi) is 9.54. The van der Waals surface area contributed by atoms with Crippen molar-refractivity contribution in [2.75, 3.05) is 6.61 Å². The fraction of sp³-hybridized carbons (Fsp3) is 0.382. The highest BCUT2D eigenvalue weighted by Crippen LogP contribution is 2.44. The third-order valence-electron chi connectivity index (χ3n) is 8.41. The molecule has 2 amide bonds. The SMILES string of the molecule is C[C@H](OCc1ccccc1)[C@@H](NC(=O)OCC1c2ccccc2-c2ccccc21)C(=O)NC(C(=O)O)C1CCCCC1. The molecule has 8 nitrogen and oxygen atoms in total. The van der Waals surface area contributed by atoms with Crippen LogP contribution in [0.2, 0.25) is 0 Å². The Bertz CT molecular complexity index is 1340. The van der Waals surface area contributed by atoms with Crippen LogP contribution >= 0.6 is 0 Å². The van der Waals surface area contributed by atoms with Crippen LogP contribution < -0.4 is 10.6 Å². The number of aliphatic carboxylic acids is 1. The van der Waals surface area contributed by atoms with E-state index >= 15 is 0 Å². The van der Waals surface area contributed by atoms with Gasteiger partial charge in [-0.25, -0.2) is 9.59 Å². The van der Waals surface area contributed by atoms with Crippen molar-refractivity contribution in [1.82, 2.24) is 10.6 Å². The molecule has 0 spiro atoms. The number of carbonyl (C=O) groups is 3. The van der Waals surface area contributed by atoms with E-state index in [1.54, 1.807) is 6.92 Å². The third kappa shape index (κ3) is 6.82. The van der Waals surface area contributed by atoms with Crippen LogP contribution in [0.5, 0.6) is 0 Å². The molecule has 1 unspecified atom stereocenters. The van der Waals surface area contributed by atoms with Crippen LogP contribution in [0, 0.1) is 5.92 Å². The van der Waals surface area contributed by atoms with Crippen molar-refractivity contribution in [2.24, 2.45) is 5.92 Å². The number of carboxylic acid groups (broad SMARTS) is 1. The summed E-state index contributed by atoms with van der Waals surface area (Å²) < 4.78 is 11.7. The lowest BCUT2D eigenvalue weighted by Gasteiger charge is -2.31. The van der Waals surface area contributed by atoms with Crippen molar-refractivity contribution < 1.29 is 29.0 Å². The zero-order valence-electron chi connectivity index (χ0n) is 23.8. The lowest BCUT2D eigenvalue weighted by atomic mass is 9.83. The van der Waals surface area contributed by atoms with E-state index in [4.69, 9.17) is 9.47 Å². The first-order chi connectivity index (χ1) is 20.4. The molecular weight excluding hydrogens is 532 g/mol. The quantitative estimate of drug-likeness (QED) is 0.275. The molecule has 0 heterocycles. The molecule has 3 aromatic carbocycles. The molecule has 3 N–H and O–H groups in total. The lowest BCUT2D eigenvalue weighted by Crippen LogP contribution is -2.57. The number of hydrogen-bond donors (Lipinski definition) is 3. The summed E-state index contributed by atoms with van der Waals surface area (Å²) in [5.41, 5.74) is 5.30. The van der Waals surface area contributed by atoms with Gasteiger partial charge < -0.3 is 25.2 Å². The number of carbonyl (C=O) groups excluding carboxylic acids is 2. The van der Waals surface area contributed by atoms with Crippen LogP contribution in [-0.4, -0.2) is 47.9 Å². The van der Waals surface area contributed by atoms with Gasteiger partial charge in [-0.2, -0.15) is 0 Å². The van der Waals surface area contributed by atoms with Gasteiger partial charge in [-0.3, -0.25) is 4.79 Å². The minimum atomic E-state index is -1.16. The van der Waals surface area contributed by atoms with Crippen molar-refractivity contribution in [1.29, 1.82) is 0 Å². The van der Waals surface area contributed by atoms with Crippen LogP contribution in [0.1, 0.15) is 61.6 Å². The Morgan fingerprint density at radius 3 is 2.05 bits per heavy atom. The van der Waals surface area contributed by atoms with E-state index in [9.17, 15) is 19.5 Å². The number of carboxylic acids is 1. The van der Waals surface area contributed by atoms with Crippen LogP contribution in [0.25, 0.3) is 11.1 Å². The third-order valence-corrected chi connectivity index (χ3v) is 8.41. The maximum atomic E-state index is 13.6. The molecule has 1 saturated carbocycles. The van der Waals surface area contributed by atoms with Gasteiger partial charge in [-0.1, -0.05) is 98.1 Å². The van der Waals surface area contributed by atoms with Gasteiger partial charge in [0.05, 0.1) is 12.7 Å². The first kappa shape index (κ1) is 29.3. The number of rotatable bonds is 11. The van der Waals surface area contributed by atoms with Gasteiger partial charge >= 0.3 is 12.1 Å². The van der Waals surface area contributed by atoms with Crippen LogP contribution in [0.4, 0.5) is 4.79 Å². The average Bonchev–Trinajstić information content (AvgIpc) is 3.34. The normalized spacial score (nSPS) is 16.9.